The van der Waals surface area contributed by atoms with E-state index < -0.39 is 17.1 Å². The Morgan fingerprint density at radius 2 is 0.513 bits per heavy atom. The summed E-state index contributed by atoms with van der Waals surface area (Å²) in [6.45, 7) is 13.4. The third-order valence-electron chi connectivity index (χ3n) is 5.39. The van der Waals surface area contributed by atoms with Crippen LogP contribution < -0.4 is 0 Å². The first-order valence-electron chi connectivity index (χ1n) is 13.7. The standard InChI is InChI=1S/C25H48O12Si2/c1-38(34-20-16-30-12-8-26-4-5-27-9-13-31-17-21-35-38)24-3-25-39(2)36-22-18-32-14-10-28-6-7-29-11-15-33-19-23-37-39/h24-25H,4-23H2,1-2H3. The lowest BCUT2D eigenvalue weighted by Gasteiger charge is -2.24. The Balaban J connectivity index is 1.96. The molecule has 2 fully saturated rings. The van der Waals surface area contributed by atoms with Gasteiger partial charge in [-0.2, -0.15) is 0 Å². The minimum Gasteiger partial charge on any atom is -0.389 e. The molecule has 14 heteroatoms. The van der Waals surface area contributed by atoms with Gasteiger partial charge in [0.05, 0.1) is 132 Å². The van der Waals surface area contributed by atoms with Crippen molar-refractivity contribution >= 4 is 17.1 Å². The molecule has 2 saturated heterocycles. The maximum Gasteiger partial charge on any atom is 0.369 e. The molecule has 0 aromatic heterocycles. The molecule has 0 atom stereocenters. The number of hydrogen-bond donors (Lipinski definition) is 0. The Morgan fingerprint density at radius 1 is 0.333 bits per heavy atom. The normalized spacial score (nSPS) is 25.3. The van der Waals surface area contributed by atoms with Gasteiger partial charge in [0.25, 0.3) is 0 Å². The highest BCUT2D eigenvalue weighted by Crippen LogP contribution is 2.12. The van der Waals surface area contributed by atoms with Crippen LogP contribution in [0.3, 0.4) is 0 Å². The number of ether oxygens (including phenoxy) is 8. The molecule has 0 aromatic rings. The van der Waals surface area contributed by atoms with Crippen LogP contribution in [0.2, 0.25) is 13.1 Å². The summed E-state index contributed by atoms with van der Waals surface area (Å²) in [6, 6.07) is 0. The summed E-state index contributed by atoms with van der Waals surface area (Å²) in [6.07, 6.45) is 0. The van der Waals surface area contributed by atoms with Crippen molar-refractivity contribution in [3.05, 3.63) is 17.1 Å². The molecule has 2 aliphatic rings. The van der Waals surface area contributed by atoms with Crippen molar-refractivity contribution in [1.29, 1.82) is 0 Å². The smallest absolute Gasteiger partial charge is 0.369 e. The van der Waals surface area contributed by atoms with Gasteiger partial charge < -0.3 is 55.6 Å². The van der Waals surface area contributed by atoms with E-state index in [9.17, 15) is 0 Å². The van der Waals surface area contributed by atoms with Crippen LogP contribution in [-0.2, 0) is 55.6 Å². The van der Waals surface area contributed by atoms with Crippen LogP contribution in [0.4, 0.5) is 0 Å². The molecular formula is C25H48O12Si2. The second-order valence-electron chi connectivity index (χ2n) is 8.78. The van der Waals surface area contributed by atoms with Gasteiger partial charge >= 0.3 is 17.1 Å². The van der Waals surface area contributed by atoms with Gasteiger partial charge in [0, 0.05) is 0 Å². The first-order valence-corrected chi connectivity index (χ1v) is 18.5. The topological polar surface area (TPSA) is 111 Å². The quantitative estimate of drug-likeness (QED) is 0.337. The van der Waals surface area contributed by atoms with Crippen molar-refractivity contribution in [2.75, 3.05) is 132 Å². The van der Waals surface area contributed by atoms with Crippen LogP contribution in [0, 0.1) is 0 Å². The molecule has 0 N–H and O–H groups in total. The van der Waals surface area contributed by atoms with E-state index in [0.717, 1.165) is 0 Å². The Morgan fingerprint density at radius 3 is 0.718 bits per heavy atom. The second kappa shape index (κ2) is 23.1. The van der Waals surface area contributed by atoms with E-state index in [4.69, 9.17) is 55.6 Å². The summed E-state index contributed by atoms with van der Waals surface area (Å²) in [7, 11) is -5.46. The van der Waals surface area contributed by atoms with Crippen molar-refractivity contribution in [3.63, 3.8) is 0 Å². The molecule has 0 aliphatic carbocycles. The van der Waals surface area contributed by atoms with Crippen molar-refractivity contribution in [1.82, 2.24) is 0 Å². The van der Waals surface area contributed by atoms with Gasteiger partial charge in [-0.25, -0.2) is 0 Å². The molecule has 0 bridgehead atoms. The molecule has 12 nitrogen and oxygen atoms in total. The maximum absolute atomic E-state index is 6.15. The van der Waals surface area contributed by atoms with Crippen LogP contribution in [0.5, 0.6) is 0 Å². The van der Waals surface area contributed by atoms with E-state index in [2.05, 4.69) is 5.73 Å². The van der Waals surface area contributed by atoms with Gasteiger partial charge in [0.2, 0.25) is 0 Å². The third-order valence-corrected chi connectivity index (χ3v) is 9.88. The molecule has 0 amide bonds. The Kier molecular flexibility index (Phi) is 20.5. The van der Waals surface area contributed by atoms with E-state index in [1.807, 2.05) is 24.5 Å². The van der Waals surface area contributed by atoms with Gasteiger partial charge in [0.15, 0.2) is 0 Å². The highest BCUT2D eigenvalue weighted by Gasteiger charge is 2.31. The summed E-state index contributed by atoms with van der Waals surface area (Å²) in [5.74, 6) is 0. The van der Waals surface area contributed by atoms with Gasteiger partial charge in [0.1, 0.15) is 0 Å². The summed E-state index contributed by atoms with van der Waals surface area (Å²) >= 11 is 0. The molecule has 2 aliphatic heterocycles. The molecule has 0 radical (unpaired) electrons. The molecule has 228 valence electrons. The molecule has 39 heavy (non-hydrogen) atoms. The van der Waals surface area contributed by atoms with Gasteiger partial charge in [-0.15, -0.1) is 5.73 Å². The third kappa shape index (κ3) is 19.3. The monoisotopic (exact) mass is 596 g/mol. The van der Waals surface area contributed by atoms with Crippen LogP contribution in [0.1, 0.15) is 0 Å². The van der Waals surface area contributed by atoms with Crippen LogP contribution >= 0.6 is 0 Å². The summed E-state index contributed by atoms with van der Waals surface area (Å²) in [5.41, 5.74) is 6.99. The highest BCUT2D eigenvalue weighted by atomic mass is 28.4. The predicted molar refractivity (Wildman–Crippen MR) is 146 cm³/mol. The first kappa shape index (κ1) is 34.7. The van der Waals surface area contributed by atoms with Crippen molar-refractivity contribution in [2.45, 2.75) is 13.1 Å². The van der Waals surface area contributed by atoms with Gasteiger partial charge in [-0.1, -0.05) is 0 Å². The fourth-order valence-corrected chi connectivity index (χ4v) is 6.72. The second-order valence-corrected chi connectivity index (χ2v) is 14.6. The number of rotatable bonds is 2. The SMILES string of the molecule is C[Si]1(C=C=C[Si]2(C)OCCOCCOCCOCCOCCO2)OCCOCCOCCOCCOCCO1. The molecule has 0 aromatic carbocycles. The summed E-state index contributed by atoms with van der Waals surface area (Å²) < 4.78 is 68.9. The first-order chi connectivity index (χ1) is 19.1. The van der Waals surface area contributed by atoms with Crippen molar-refractivity contribution in [3.8, 4) is 0 Å². The Hall–Kier alpha value is -0.526. The lowest BCUT2D eigenvalue weighted by molar-refractivity contribution is -0.00426. The van der Waals surface area contributed by atoms with Gasteiger partial charge in [-0.3, -0.25) is 0 Å². The fraction of sp³-hybridized carbons (Fsp3) is 0.880. The Bertz CT molecular complexity index is 565. The van der Waals surface area contributed by atoms with E-state index >= 15 is 0 Å². The van der Waals surface area contributed by atoms with Crippen molar-refractivity contribution in [2.24, 2.45) is 0 Å². The number of hydrogen-bond acceptors (Lipinski definition) is 12. The molecule has 0 unspecified atom stereocenters. The maximum atomic E-state index is 6.15. The summed E-state index contributed by atoms with van der Waals surface area (Å²) in [4.78, 5) is 0. The molecule has 2 heterocycles. The van der Waals surface area contributed by atoms with Gasteiger partial charge in [-0.05, 0) is 24.5 Å². The van der Waals surface area contributed by atoms with E-state index in [0.29, 0.717) is 132 Å². The predicted octanol–water partition coefficient (Wildman–Crippen LogP) is 1.15. The lowest BCUT2D eigenvalue weighted by atomic mass is 10.7. The van der Waals surface area contributed by atoms with Crippen LogP contribution in [-0.4, -0.2) is 149 Å². The van der Waals surface area contributed by atoms with E-state index in [-0.39, 0.29) is 0 Å². The molecular weight excluding hydrogens is 548 g/mol. The summed E-state index contributed by atoms with van der Waals surface area (Å²) in [5, 5.41) is 0. The van der Waals surface area contributed by atoms with E-state index in [1.165, 1.54) is 0 Å². The molecule has 0 saturated carbocycles. The van der Waals surface area contributed by atoms with Crippen molar-refractivity contribution < 1.29 is 55.6 Å². The average molecular weight is 597 g/mol. The van der Waals surface area contributed by atoms with Crippen LogP contribution in [0.25, 0.3) is 0 Å². The average Bonchev–Trinajstić information content (AvgIpc) is 2.92. The minimum atomic E-state index is -2.73. The molecule has 2 rings (SSSR count). The minimum absolute atomic E-state index is 0.397. The molecule has 0 spiro atoms. The highest BCUT2D eigenvalue weighted by molar-refractivity contribution is 6.73. The largest absolute Gasteiger partial charge is 0.389 e. The zero-order valence-electron chi connectivity index (χ0n) is 23.7. The lowest BCUT2D eigenvalue weighted by Crippen LogP contribution is -2.40. The fourth-order valence-electron chi connectivity index (χ4n) is 3.33. The Labute approximate surface area is 235 Å². The zero-order chi connectivity index (χ0) is 27.7. The van der Waals surface area contributed by atoms with E-state index in [1.54, 1.807) is 0 Å². The zero-order valence-corrected chi connectivity index (χ0v) is 25.7. The van der Waals surface area contributed by atoms with Crippen LogP contribution in [0.15, 0.2) is 17.1 Å².